The van der Waals surface area contributed by atoms with Gasteiger partial charge < -0.3 is 15.3 Å². The number of carboxylic acids is 1. The van der Waals surface area contributed by atoms with Crippen molar-refractivity contribution < 1.29 is 14.7 Å². The first-order valence-electron chi connectivity index (χ1n) is 8.71. The number of rotatable bonds is 6. The van der Waals surface area contributed by atoms with E-state index in [9.17, 15) is 14.7 Å². The minimum atomic E-state index is -1.06. The number of aromatic carboxylic acids is 1. The molecule has 5 nitrogen and oxygen atoms in total. The van der Waals surface area contributed by atoms with E-state index in [4.69, 9.17) is 0 Å². The van der Waals surface area contributed by atoms with Crippen LogP contribution in [0.3, 0.4) is 0 Å². The molecule has 2 amide bonds. The molecular formula is C21H19BrN2O3S. The van der Waals surface area contributed by atoms with Gasteiger partial charge in [0, 0.05) is 22.4 Å². The number of nitrogens with one attached hydrogen (secondary N) is 1. The molecule has 0 spiro atoms. The monoisotopic (exact) mass is 458 g/mol. The summed E-state index contributed by atoms with van der Waals surface area (Å²) in [6, 6.07) is 18.7. The molecule has 0 fully saturated rings. The van der Waals surface area contributed by atoms with Gasteiger partial charge in [-0.2, -0.15) is 0 Å². The van der Waals surface area contributed by atoms with Gasteiger partial charge in [0.15, 0.2) is 0 Å². The van der Waals surface area contributed by atoms with Gasteiger partial charge in [-0.05, 0) is 36.2 Å². The second kappa shape index (κ2) is 9.03. The highest BCUT2D eigenvalue weighted by molar-refractivity contribution is 9.10. The fraction of sp³-hybridized carbons (Fsp3) is 0.143. The molecule has 3 aromatic rings. The van der Waals surface area contributed by atoms with E-state index < -0.39 is 5.97 Å². The molecule has 3 rings (SSSR count). The highest BCUT2D eigenvalue weighted by Gasteiger charge is 2.20. The van der Waals surface area contributed by atoms with Crippen molar-refractivity contribution in [1.29, 1.82) is 0 Å². The van der Waals surface area contributed by atoms with Gasteiger partial charge in [0.25, 0.3) is 0 Å². The number of hydrogen-bond donors (Lipinski definition) is 2. The Morgan fingerprint density at radius 3 is 2.39 bits per heavy atom. The molecule has 0 atom stereocenters. The summed E-state index contributed by atoms with van der Waals surface area (Å²) in [5.74, 6) is -1.06. The Labute approximate surface area is 175 Å². The van der Waals surface area contributed by atoms with Crippen molar-refractivity contribution >= 4 is 45.0 Å². The van der Waals surface area contributed by atoms with Crippen LogP contribution in [0, 0.1) is 0 Å². The Balaban J connectivity index is 1.82. The van der Waals surface area contributed by atoms with E-state index in [0.717, 1.165) is 31.8 Å². The molecule has 144 valence electrons. The van der Waals surface area contributed by atoms with Gasteiger partial charge in [0.2, 0.25) is 0 Å². The highest BCUT2D eigenvalue weighted by atomic mass is 79.9. The Hall–Kier alpha value is -2.64. The van der Waals surface area contributed by atoms with Crippen LogP contribution >= 0.6 is 27.3 Å². The Bertz CT molecular complexity index is 971. The van der Waals surface area contributed by atoms with Crippen LogP contribution in [-0.4, -0.2) is 28.6 Å². The van der Waals surface area contributed by atoms with E-state index in [1.54, 1.807) is 11.0 Å². The van der Waals surface area contributed by atoms with Crippen LogP contribution in [-0.2, 0) is 6.54 Å². The SMILES string of the molecule is CCN(Cc1ccccc1)C(=O)Nc1cc(-c2ccc(Br)cc2)sc1C(=O)O. The number of urea groups is 1. The minimum absolute atomic E-state index is 0.113. The van der Waals surface area contributed by atoms with Crippen molar-refractivity contribution in [3.63, 3.8) is 0 Å². The van der Waals surface area contributed by atoms with Crippen molar-refractivity contribution in [1.82, 2.24) is 4.90 Å². The highest BCUT2D eigenvalue weighted by Crippen LogP contribution is 2.35. The fourth-order valence-electron chi connectivity index (χ4n) is 2.72. The molecule has 0 unspecified atom stereocenters. The number of hydrogen-bond acceptors (Lipinski definition) is 3. The van der Waals surface area contributed by atoms with E-state index in [1.165, 1.54) is 0 Å². The van der Waals surface area contributed by atoms with Crippen LogP contribution in [0.4, 0.5) is 10.5 Å². The molecule has 7 heteroatoms. The molecule has 2 aromatic carbocycles. The number of carboxylic acid groups (broad SMARTS) is 1. The fourth-order valence-corrected chi connectivity index (χ4v) is 3.95. The zero-order valence-corrected chi connectivity index (χ0v) is 17.6. The summed E-state index contributed by atoms with van der Waals surface area (Å²) in [6.07, 6.45) is 0. The van der Waals surface area contributed by atoms with Gasteiger partial charge in [-0.25, -0.2) is 9.59 Å². The first kappa shape index (κ1) is 20.1. The molecule has 0 saturated carbocycles. The first-order valence-corrected chi connectivity index (χ1v) is 10.3. The molecule has 28 heavy (non-hydrogen) atoms. The molecule has 1 aromatic heterocycles. The lowest BCUT2D eigenvalue weighted by Gasteiger charge is -2.21. The third-order valence-corrected chi connectivity index (χ3v) is 5.88. The Kier molecular flexibility index (Phi) is 6.49. The van der Waals surface area contributed by atoms with E-state index >= 15 is 0 Å². The summed E-state index contributed by atoms with van der Waals surface area (Å²) >= 11 is 4.54. The molecule has 0 radical (unpaired) electrons. The number of amides is 2. The zero-order valence-electron chi connectivity index (χ0n) is 15.2. The molecule has 0 saturated heterocycles. The van der Waals surface area contributed by atoms with Crippen LogP contribution < -0.4 is 5.32 Å². The molecule has 2 N–H and O–H groups in total. The number of carbonyl (C=O) groups is 2. The summed E-state index contributed by atoms with van der Waals surface area (Å²) in [6.45, 7) is 2.85. The lowest BCUT2D eigenvalue weighted by molar-refractivity contribution is 0.0703. The number of carbonyl (C=O) groups excluding carboxylic acids is 1. The summed E-state index contributed by atoms with van der Waals surface area (Å²) in [5.41, 5.74) is 2.22. The number of anilines is 1. The van der Waals surface area contributed by atoms with Gasteiger partial charge in [-0.15, -0.1) is 11.3 Å². The lowest BCUT2D eigenvalue weighted by atomic mass is 10.2. The minimum Gasteiger partial charge on any atom is -0.477 e. The van der Waals surface area contributed by atoms with Crippen molar-refractivity contribution in [2.24, 2.45) is 0 Å². The first-order chi connectivity index (χ1) is 13.5. The summed E-state index contributed by atoms with van der Waals surface area (Å²) in [7, 11) is 0. The number of thiophene rings is 1. The van der Waals surface area contributed by atoms with Gasteiger partial charge in [-0.3, -0.25) is 0 Å². The maximum Gasteiger partial charge on any atom is 0.348 e. The maximum atomic E-state index is 12.7. The zero-order chi connectivity index (χ0) is 20.1. The number of benzene rings is 2. The number of halogens is 1. The molecule has 0 aliphatic rings. The normalized spacial score (nSPS) is 10.5. The smallest absolute Gasteiger partial charge is 0.348 e. The molecule has 0 aliphatic carbocycles. The predicted molar refractivity (Wildman–Crippen MR) is 116 cm³/mol. The van der Waals surface area contributed by atoms with Crippen molar-refractivity contribution in [2.45, 2.75) is 13.5 Å². The third kappa shape index (κ3) is 4.79. The van der Waals surface area contributed by atoms with E-state index in [2.05, 4.69) is 21.2 Å². The van der Waals surface area contributed by atoms with Crippen LogP contribution in [0.15, 0.2) is 65.1 Å². The number of nitrogens with zero attached hydrogens (tertiary/aromatic N) is 1. The Morgan fingerprint density at radius 2 is 1.79 bits per heavy atom. The van der Waals surface area contributed by atoms with Gasteiger partial charge in [-0.1, -0.05) is 58.4 Å². The van der Waals surface area contributed by atoms with Crippen molar-refractivity contribution in [2.75, 3.05) is 11.9 Å². The average Bonchev–Trinajstić information content (AvgIpc) is 3.11. The summed E-state index contributed by atoms with van der Waals surface area (Å²) in [5, 5.41) is 12.3. The van der Waals surface area contributed by atoms with Gasteiger partial charge in [0.05, 0.1) is 5.69 Å². The summed E-state index contributed by atoms with van der Waals surface area (Å²) < 4.78 is 0.944. The third-order valence-electron chi connectivity index (χ3n) is 4.18. The standard InChI is InChI=1S/C21H19BrN2O3S/c1-2-24(13-14-6-4-3-5-7-14)21(27)23-17-12-18(28-19(17)20(25)26)15-8-10-16(22)11-9-15/h3-12H,2,13H2,1H3,(H,23,27)(H,25,26). The summed E-state index contributed by atoms with van der Waals surface area (Å²) in [4.78, 5) is 26.9. The maximum absolute atomic E-state index is 12.7. The average molecular weight is 459 g/mol. The second-order valence-electron chi connectivity index (χ2n) is 6.10. The quantitative estimate of drug-likeness (QED) is 0.480. The van der Waals surface area contributed by atoms with Gasteiger partial charge >= 0.3 is 12.0 Å². The molecule has 0 bridgehead atoms. The predicted octanol–water partition coefficient (Wildman–Crippen LogP) is 5.93. The molecule has 1 heterocycles. The van der Waals surface area contributed by atoms with Crippen LogP contribution in [0.25, 0.3) is 10.4 Å². The largest absolute Gasteiger partial charge is 0.477 e. The van der Waals surface area contributed by atoms with Gasteiger partial charge in [0.1, 0.15) is 4.88 Å². The Morgan fingerprint density at radius 1 is 1.11 bits per heavy atom. The topological polar surface area (TPSA) is 69.6 Å². The lowest BCUT2D eigenvalue weighted by Crippen LogP contribution is -2.34. The second-order valence-corrected chi connectivity index (χ2v) is 8.06. The molecular weight excluding hydrogens is 440 g/mol. The van der Waals surface area contributed by atoms with Crippen LogP contribution in [0.1, 0.15) is 22.2 Å². The van der Waals surface area contributed by atoms with Crippen LogP contribution in [0.2, 0.25) is 0 Å². The van der Waals surface area contributed by atoms with Crippen molar-refractivity contribution in [3.05, 3.63) is 75.6 Å². The van der Waals surface area contributed by atoms with Crippen LogP contribution in [0.5, 0.6) is 0 Å². The van der Waals surface area contributed by atoms with Crippen molar-refractivity contribution in [3.8, 4) is 10.4 Å². The van der Waals surface area contributed by atoms with E-state index in [1.807, 2.05) is 61.5 Å². The van der Waals surface area contributed by atoms with E-state index in [-0.39, 0.29) is 10.9 Å². The van der Waals surface area contributed by atoms with E-state index in [0.29, 0.717) is 18.8 Å². The molecule has 0 aliphatic heterocycles.